The van der Waals surface area contributed by atoms with Crippen LogP contribution in [-0.4, -0.2) is 43.0 Å². The molecule has 5 nitrogen and oxygen atoms in total. The van der Waals surface area contributed by atoms with Gasteiger partial charge in [-0.05, 0) is 48.7 Å². The van der Waals surface area contributed by atoms with E-state index in [-0.39, 0.29) is 0 Å². The van der Waals surface area contributed by atoms with Crippen molar-refractivity contribution in [1.82, 2.24) is 9.96 Å². The summed E-state index contributed by atoms with van der Waals surface area (Å²) in [5, 5.41) is 2.13. The van der Waals surface area contributed by atoms with Crippen LogP contribution in [0.3, 0.4) is 0 Å². The lowest BCUT2D eigenvalue weighted by molar-refractivity contribution is -0.180. The molecule has 0 bridgehead atoms. The van der Waals surface area contributed by atoms with E-state index in [1.807, 2.05) is 12.3 Å². The van der Waals surface area contributed by atoms with Crippen LogP contribution in [0.5, 0.6) is 0 Å². The second kappa shape index (κ2) is 11.6. The summed E-state index contributed by atoms with van der Waals surface area (Å²) >= 11 is 0. The first-order chi connectivity index (χ1) is 15.4. The van der Waals surface area contributed by atoms with E-state index < -0.39 is 0 Å². The van der Waals surface area contributed by atoms with Gasteiger partial charge in [-0.25, -0.2) is 5.06 Å². The quantitative estimate of drug-likeness (QED) is 0.258. The third kappa shape index (κ3) is 6.63. The molecule has 3 rings (SSSR count). The third-order valence-corrected chi connectivity index (χ3v) is 6.49. The molecule has 0 aromatic heterocycles. The van der Waals surface area contributed by atoms with Crippen molar-refractivity contribution in [2.75, 3.05) is 27.0 Å². The van der Waals surface area contributed by atoms with Crippen molar-refractivity contribution in [3.8, 4) is 0 Å². The molecular formula is C27H40N2O3. The Morgan fingerprint density at radius 3 is 2.47 bits per heavy atom. The highest BCUT2D eigenvalue weighted by Gasteiger charge is 2.34. The van der Waals surface area contributed by atoms with Crippen LogP contribution < -0.4 is 0 Å². The fraction of sp³-hybridized carbons (Fsp3) is 0.556. The smallest absolute Gasteiger partial charge is 0.160 e. The summed E-state index contributed by atoms with van der Waals surface area (Å²) in [5.41, 5.74) is 2.54. The second-order valence-corrected chi connectivity index (χ2v) is 9.80. The molecule has 1 saturated carbocycles. The number of hydrogen-bond donors (Lipinski definition) is 0. The van der Waals surface area contributed by atoms with E-state index in [1.165, 1.54) is 18.4 Å². The summed E-state index contributed by atoms with van der Waals surface area (Å²) in [6.45, 7) is 13.1. The molecule has 1 aliphatic heterocycles. The van der Waals surface area contributed by atoms with E-state index in [9.17, 15) is 0 Å². The van der Waals surface area contributed by atoms with Crippen molar-refractivity contribution >= 4 is 0 Å². The molecule has 2 aliphatic rings. The van der Waals surface area contributed by atoms with Crippen LogP contribution in [0.1, 0.15) is 52.0 Å². The molecular weight excluding hydrogens is 400 g/mol. The number of hydroxylamine groups is 2. The Kier molecular flexibility index (Phi) is 8.83. The third-order valence-electron chi connectivity index (χ3n) is 6.49. The van der Waals surface area contributed by atoms with E-state index in [4.69, 9.17) is 14.3 Å². The minimum atomic E-state index is 0.339. The van der Waals surface area contributed by atoms with Gasteiger partial charge < -0.3 is 14.4 Å². The molecule has 1 aromatic rings. The maximum atomic E-state index is 6.48. The molecule has 0 N–H and O–H groups in total. The van der Waals surface area contributed by atoms with Crippen molar-refractivity contribution in [1.29, 1.82) is 0 Å². The molecule has 0 unspecified atom stereocenters. The van der Waals surface area contributed by atoms with Crippen LogP contribution in [0, 0.1) is 11.3 Å². The predicted molar refractivity (Wildman–Crippen MR) is 129 cm³/mol. The SMILES string of the molecule is C=CCOCN1C=C(OC)C(N(OCc2ccccc2)C2CCC(C(C)(C)C)CC2)=CC1. The van der Waals surface area contributed by atoms with Gasteiger partial charge in [-0.1, -0.05) is 57.2 Å². The number of nitrogens with zero attached hydrogens (tertiary/aromatic N) is 2. The van der Waals surface area contributed by atoms with Gasteiger partial charge in [0.05, 0.1) is 26.4 Å². The Morgan fingerprint density at radius 2 is 1.84 bits per heavy atom. The first kappa shape index (κ1) is 24.4. The van der Waals surface area contributed by atoms with E-state index in [1.54, 1.807) is 13.2 Å². The van der Waals surface area contributed by atoms with E-state index >= 15 is 0 Å². The van der Waals surface area contributed by atoms with Crippen LogP contribution in [0.4, 0.5) is 0 Å². The largest absolute Gasteiger partial charge is 0.493 e. The summed E-state index contributed by atoms with van der Waals surface area (Å²) in [7, 11) is 1.72. The van der Waals surface area contributed by atoms with Gasteiger partial charge in [0.2, 0.25) is 0 Å². The lowest BCUT2D eigenvalue weighted by Gasteiger charge is -2.42. The van der Waals surface area contributed by atoms with Gasteiger partial charge in [0.1, 0.15) is 12.4 Å². The molecule has 0 amide bonds. The lowest BCUT2D eigenvalue weighted by atomic mass is 9.71. The second-order valence-electron chi connectivity index (χ2n) is 9.80. The summed E-state index contributed by atoms with van der Waals surface area (Å²) in [4.78, 5) is 8.57. The van der Waals surface area contributed by atoms with Crippen molar-refractivity contribution in [3.63, 3.8) is 0 Å². The molecule has 0 spiro atoms. The molecule has 5 heteroatoms. The zero-order chi connectivity index (χ0) is 23.0. The molecule has 0 saturated heterocycles. The fourth-order valence-electron chi connectivity index (χ4n) is 4.55. The first-order valence-electron chi connectivity index (χ1n) is 11.8. The van der Waals surface area contributed by atoms with Gasteiger partial charge in [0, 0.05) is 12.7 Å². The number of hydrogen-bond acceptors (Lipinski definition) is 5. The molecule has 0 atom stereocenters. The Hall–Kier alpha value is -2.24. The van der Waals surface area contributed by atoms with Crippen molar-refractivity contribution in [3.05, 3.63) is 72.3 Å². The maximum Gasteiger partial charge on any atom is 0.160 e. The number of methoxy groups -OCH3 is 1. The Bertz CT molecular complexity index is 774. The Balaban J connectivity index is 1.74. The van der Waals surface area contributed by atoms with E-state index in [2.05, 4.69) is 67.7 Å². The van der Waals surface area contributed by atoms with Gasteiger partial charge in [-0.2, -0.15) is 0 Å². The summed E-state index contributed by atoms with van der Waals surface area (Å²) < 4.78 is 11.4. The van der Waals surface area contributed by atoms with Gasteiger partial charge in [0.25, 0.3) is 0 Å². The van der Waals surface area contributed by atoms with E-state index in [0.29, 0.717) is 31.4 Å². The van der Waals surface area contributed by atoms with Crippen molar-refractivity contribution in [2.24, 2.45) is 11.3 Å². The lowest BCUT2D eigenvalue weighted by Crippen LogP contribution is -2.41. The van der Waals surface area contributed by atoms with Crippen molar-refractivity contribution < 1.29 is 14.3 Å². The fourth-order valence-corrected chi connectivity index (χ4v) is 4.55. The monoisotopic (exact) mass is 440 g/mol. The number of benzene rings is 1. The normalized spacial score (nSPS) is 21.6. The van der Waals surface area contributed by atoms with Gasteiger partial charge in [-0.3, -0.25) is 4.84 Å². The number of ether oxygens (including phenoxy) is 2. The highest BCUT2D eigenvalue weighted by Crippen LogP contribution is 2.40. The highest BCUT2D eigenvalue weighted by atomic mass is 16.7. The van der Waals surface area contributed by atoms with Crippen molar-refractivity contribution in [2.45, 2.75) is 59.1 Å². The average Bonchev–Trinajstić information content (AvgIpc) is 2.80. The summed E-state index contributed by atoms with van der Waals surface area (Å²) in [5.74, 6) is 1.56. The molecule has 32 heavy (non-hydrogen) atoms. The molecule has 176 valence electrons. The maximum absolute atomic E-state index is 6.48. The summed E-state index contributed by atoms with van der Waals surface area (Å²) in [6, 6.07) is 10.7. The highest BCUT2D eigenvalue weighted by molar-refractivity contribution is 5.28. The van der Waals surface area contributed by atoms with Crippen LogP contribution in [0.15, 0.2) is 66.7 Å². The zero-order valence-corrected chi connectivity index (χ0v) is 20.3. The van der Waals surface area contributed by atoms with Gasteiger partial charge >= 0.3 is 0 Å². The summed E-state index contributed by atoms with van der Waals surface area (Å²) in [6.07, 6.45) is 10.7. The predicted octanol–water partition coefficient (Wildman–Crippen LogP) is 5.87. The standard InChI is InChI=1S/C27H40N2O3/c1-6-18-31-21-28-17-16-25(26(19-28)30-5)29(32-20-22-10-8-7-9-11-22)24-14-12-23(13-15-24)27(2,3)4/h6-11,16,19,23-24H,1,12-15,17-18,20-21H2,2-5H3. The van der Waals surface area contributed by atoms with Crippen LogP contribution in [0.25, 0.3) is 0 Å². The first-order valence-corrected chi connectivity index (χ1v) is 11.8. The van der Waals surface area contributed by atoms with Gasteiger partial charge in [-0.15, -0.1) is 6.58 Å². The zero-order valence-electron chi connectivity index (χ0n) is 20.3. The molecule has 1 aromatic carbocycles. The van der Waals surface area contributed by atoms with Crippen LogP contribution >= 0.6 is 0 Å². The number of rotatable bonds is 10. The Morgan fingerprint density at radius 1 is 1.12 bits per heavy atom. The average molecular weight is 441 g/mol. The van der Waals surface area contributed by atoms with Crippen LogP contribution in [0.2, 0.25) is 0 Å². The van der Waals surface area contributed by atoms with Gasteiger partial charge in [0.15, 0.2) is 5.76 Å². The molecule has 1 fully saturated rings. The molecule has 1 heterocycles. The Labute approximate surface area is 194 Å². The minimum absolute atomic E-state index is 0.339. The van der Waals surface area contributed by atoms with Crippen LogP contribution in [-0.2, 0) is 20.9 Å². The van der Waals surface area contributed by atoms with E-state index in [0.717, 1.165) is 36.8 Å². The topological polar surface area (TPSA) is 34.2 Å². The molecule has 0 radical (unpaired) electrons. The molecule has 1 aliphatic carbocycles. The minimum Gasteiger partial charge on any atom is -0.493 e.